The summed E-state index contributed by atoms with van der Waals surface area (Å²) in [6.45, 7) is 4.06. The van der Waals surface area contributed by atoms with Gasteiger partial charge in [0.25, 0.3) is 0 Å². The van der Waals surface area contributed by atoms with E-state index in [1.807, 2.05) is 0 Å². The Kier molecular flexibility index (Phi) is 19.9. The van der Waals surface area contributed by atoms with Crippen LogP contribution in [0.5, 0.6) is 0 Å². The van der Waals surface area contributed by atoms with E-state index in [1.165, 1.54) is 57.8 Å². The van der Waals surface area contributed by atoms with Crippen LogP contribution in [0.15, 0.2) is 11.6 Å². The topological polar surface area (TPSA) is 116 Å². The second-order valence-corrected chi connectivity index (χ2v) is 13.1. The summed E-state index contributed by atoms with van der Waals surface area (Å²) in [5.74, 6) is -0.331. The number of ether oxygens (including phenoxy) is 2. The Bertz CT molecular complexity index is 726. The van der Waals surface area contributed by atoms with Crippen molar-refractivity contribution in [3.8, 4) is 0 Å². The molecule has 0 saturated carbocycles. The molecule has 1 fully saturated rings. The lowest BCUT2D eigenvalue weighted by Gasteiger charge is -2.22. The van der Waals surface area contributed by atoms with E-state index < -0.39 is 18.3 Å². The van der Waals surface area contributed by atoms with Crippen molar-refractivity contribution in [1.82, 2.24) is 0 Å². The molecule has 1 saturated heterocycles. The van der Waals surface area contributed by atoms with Crippen LogP contribution in [0.1, 0.15) is 162 Å². The van der Waals surface area contributed by atoms with Gasteiger partial charge >= 0.3 is 5.97 Å². The number of aliphatic hydroxyl groups is 4. The molecule has 0 radical (unpaired) electrons. The number of hydrogen-bond donors (Lipinski definition) is 4. The molecule has 0 aliphatic carbocycles. The highest BCUT2D eigenvalue weighted by molar-refractivity contribution is 5.90. The van der Waals surface area contributed by atoms with Gasteiger partial charge in [0.05, 0.1) is 36.6 Å². The molecule has 7 nitrogen and oxygen atoms in total. The average molecular weight is 597 g/mol. The molecule has 0 aromatic rings. The number of unbranched alkanes of at least 4 members (excludes halogenated alkanes) is 12. The van der Waals surface area contributed by atoms with E-state index in [2.05, 4.69) is 6.92 Å². The summed E-state index contributed by atoms with van der Waals surface area (Å²) in [7, 11) is 0. The van der Waals surface area contributed by atoms with Crippen LogP contribution in [-0.4, -0.2) is 69.1 Å². The first-order valence-electron chi connectivity index (χ1n) is 17.6. The van der Waals surface area contributed by atoms with Crippen molar-refractivity contribution in [3.05, 3.63) is 11.6 Å². The maximum absolute atomic E-state index is 11.7. The Balaban J connectivity index is 1.41. The van der Waals surface area contributed by atoms with Gasteiger partial charge in [0, 0.05) is 12.0 Å². The van der Waals surface area contributed by atoms with Gasteiger partial charge in [-0.25, -0.2) is 4.79 Å². The summed E-state index contributed by atoms with van der Waals surface area (Å²) in [6, 6.07) is 0. The van der Waals surface area contributed by atoms with E-state index in [-0.39, 0.29) is 30.4 Å². The first-order chi connectivity index (χ1) is 20.3. The zero-order valence-electron chi connectivity index (χ0n) is 26.9. The zero-order valence-corrected chi connectivity index (χ0v) is 26.9. The van der Waals surface area contributed by atoms with E-state index in [9.17, 15) is 25.2 Å². The normalized spacial score (nSPS) is 23.5. The molecule has 0 amide bonds. The minimum atomic E-state index is -0.584. The van der Waals surface area contributed by atoms with Crippen molar-refractivity contribution in [2.75, 3.05) is 0 Å². The maximum Gasteiger partial charge on any atom is 0.334 e. The second kappa shape index (κ2) is 22.5. The molecule has 0 aromatic heterocycles. The van der Waals surface area contributed by atoms with Crippen molar-refractivity contribution >= 4 is 5.97 Å². The zero-order chi connectivity index (χ0) is 30.6. The largest absolute Gasteiger partial charge is 0.455 e. The fourth-order valence-corrected chi connectivity index (χ4v) is 6.43. The van der Waals surface area contributed by atoms with Crippen LogP contribution in [-0.2, 0) is 14.3 Å². The molecule has 2 rings (SSSR count). The quantitative estimate of drug-likeness (QED) is 0.0624. The molecule has 7 heteroatoms. The van der Waals surface area contributed by atoms with E-state index in [1.54, 1.807) is 13.0 Å². The molecule has 246 valence electrons. The van der Waals surface area contributed by atoms with E-state index in [4.69, 9.17) is 9.47 Å². The van der Waals surface area contributed by atoms with Crippen molar-refractivity contribution < 1.29 is 34.7 Å². The molecule has 0 unspecified atom stereocenters. The summed E-state index contributed by atoms with van der Waals surface area (Å²) < 4.78 is 11.1. The van der Waals surface area contributed by atoms with Crippen LogP contribution in [0.2, 0.25) is 0 Å². The number of cyclic esters (lactones) is 1. The lowest BCUT2D eigenvalue weighted by atomic mass is 9.99. The van der Waals surface area contributed by atoms with Crippen molar-refractivity contribution in [2.45, 2.75) is 204 Å². The van der Waals surface area contributed by atoms with Crippen LogP contribution < -0.4 is 0 Å². The third-order valence-electron chi connectivity index (χ3n) is 9.11. The Morgan fingerprint density at radius 1 is 0.667 bits per heavy atom. The molecule has 0 bridgehead atoms. The highest BCUT2D eigenvalue weighted by Gasteiger charge is 2.34. The van der Waals surface area contributed by atoms with Gasteiger partial charge in [-0.1, -0.05) is 96.8 Å². The summed E-state index contributed by atoms with van der Waals surface area (Å²) in [5, 5.41) is 41.7. The number of carbonyl (C=O) groups excluding carboxylic acids is 1. The standard InChI is InChI=1S/C35H64O7/c1-3-4-5-6-7-8-9-10-11-15-21-31(38)33-23-24-34(42-33)32(39)22-16-13-12-14-18-29(36)19-17-20-30(37)26-28-25-27(2)41-35(28)40/h25,27,29-34,36-39H,3-24,26H2,1-2H3/t27-,29-,30-,31+,32+,33+,34+/m0/s1. The minimum absolute atomic E-state index is 0.134. The first kappa shape index (κ1) is 37.2. The Morgan fingerprint density at radius 3 is 1.62 bits per heavy atom. The molecular formula is C35H64O7. The van der Waals surface area contributed by atoms with Gasteiger partial charge in [-0.15, -0.1) is 0 Å². The van der Waals surface area contributed by atoms with Gasteiger partial charge in [0.2, 0.25) is 0 Å². The highest BCUT2D eigenvalue weighted by Crippen LogP contribution is 2.28. The molecular weight excluding hydrogens is 532 g/mol. The maximum atomic E-state index is 11.7. The lowest BCUT2D eigenvalue weighted by Crippen LogP contribution is -2.31. The van der Waals surface area contributed by atoms with Gasteiger partial charge < -0.3 is 29.9 Å². The molecule has 42 heavy (non-hydrogen) atoms. The summed E-state index contributed by atoms with van der Waals surface area (Å²) in [5.41, 5.74) is 0.553. The smallest absolute Gasteiger partial charge is 0.334 e. The van der Waals surface area contributed by atoms with E-state index in [0.29, 0.717) is 24.8 Å². The fourth-order valence-electron chi connectivity index (χ4n) is 6.43. The average Bonchev–Trinajstić information content (AvgIpc) is 3.57. The monoisotopic (exact) mass is 596 g/mol. The van der Waals surface area contributed by atoms with Crippen molar-refractivity contribution in [3.63, 3.8) is 0 Å². The number of esters is 1. The van der Waals surface area contributed by atoms with Crippen molar-refractivity contribution in [1.29, 1.82) is 0 Å². The van der Waals surface area contributed by atoms with E-state index in [0.717, 1.165) is 70.6 Å². The third kappa shape index (κ3) is 16.2. The van der Waals surface area contributed by atoms with Crippen LogP contribution in [0.3, 0.4) is 0 Å². The molecule has 2 aliphatic heterocycles. The Labute approximate surface area is 256 Å². The van der Waals surface area contributed by atoms with Crippen LogP contribution in [0.25, 0.3) is 0 Å². The van der Waals surface area contributed by atoms with Gasteiger partial charge in [-0.05, 0) is 64.4 Å². The van der Waals surface area contributed by atoms with Crippen LogP contribution >= 0.6 is 0 Å². The second-order valence-electron chi connectivity index (χ2n) is 13.1. The number of rotatable bonds is 26. The fraction of sp³-hybridized carbons (Fsp3) is 0.914. The van der Waals surface area contributed by atoms with Gasteiger partial charge in [-0.2, -0.15) is 0 Å². The number of carbonyl (C=O) groups is 1. The highest BCUT2D eigenvalue weighted by atomic mass is 16.5. The Hall–Kier alpha value is -0.990. The van der Waals surface area contributed by atoms with Gasteiger partial charge in [0.15, 0.2) is 0 Å². The van der Waals surface area contributed by atoms with Crippen LogP contribution in [0, 0.1) is 0 Å². The molecule has 4 N–H and O–H groups in total. The molecule has 2 aliphatic rings. The summed E-state index contributed by atoms with van der Waals surface area (Å²) in [4.78, 5) is 11.7. The molecule has 2 heterocycles. The predicted molar refractivity (Wildman–Crippen MR) is 168 cm³/mol. The van der Waals surface area contributed by atoms with Gasteiger partial charge in [-0.3, -0.25) is 0 Å². The van der Waals surface area contributed by atoms with Gasteiger partial charge in [0.1, 0.15) is 6.10 Å². The summed E-state index contributed by atoms with van der Waals surface area (Å²) >= 11 is 0. The SMILES string of the molecule is CCCCCCCCCCCC[C@@H](O)[C@H]1CC[C@H]([C@H](O)CCCCCC[C@H](O)CCC[C@H](O)CC2=C[C@H](C)OC2=O)O1. The van der Waals surface area contributed by atoms with E-state index >= 15 is 0 Å². The van der Waals surface area contributed by atoms with Crippen molar-refractivity contribution in [2.24, 2.45) is 0 Å². The third-order valence-corrected chi connectivity index (χ3v) is 9.11. The number of hydrogen-bond acceptors (Lipinski definition) is 7. The molecule has 0 spiro atoms. The van der Waals surface area contributed by atoms with Crippen LogP contribution in [0.4, 0.5) is 0 Å². The first-order valence-corrected chi connectivity index (χ1v) is 17.6. The molecule has 0 aromatic carbocycles. The number of aliphatic hydroxyl groups excluding tert-OH is 4. The summed E-state index contributed by atoms with van der Waals surface area (Å²) in [6.07, 6.45) is 22.4. The molecule has 7 atom stereocenters. The lowest BCUT2D eigenvalue weighted by molar-refractivity contribution is -0.139. The minimum Gasteiger partial charge on any atom is -0.455 e. The predicted octanol–water partition coefficient (Wildman–Crippen LogP) is 7.06. The Morgan fingerprint density at radius 2 is 1.12 bits per heavy atom.